The molecule has 2 rings (SSSR count). The Hall–Kier alpha value is -1.85. The zero-order valence-corrected chi connectivity index (χ0v) is 6.92. The Morgan fingerprint density at radius 1 is 1.54 bits per heavy atom. The number of aromatic nitrogens is 4. The Labute approximate surface area is 74.3 Å². The Kier molecular flexibility index (Phi) is 1.95. The molecule has 0 atom stereocenters. The normalized spacial score (nSPS) is 10.5. The lowest BCUT2D eigenvalue weighted by Crippen LogP contribution is -2.07. The molecule has 13 heavy (non-hydrogen) atoms. The van der Waals surface area contributed by atoms with Crippen LogP contribution in [0.4, 0.5) is 5.95 Å². The van der Waals surface area contributed by atoms with Gasteiger partial charge in [0.15, 0.2) is 0 Å². The molecular formula is C7H9N5O. The van der Waals surface area contributed by atoms with E-state index in [9.17, 15) is 0 Å². The van der Waals surface area contributed by atoms with Gasteiger partial charge in [-0.15, -0.1) is 0 Å². The van der Waals surface area contributed by atoms with Gasteiger partial charge >= 0.3 is 0 Å². The van der Waals surface area contributed by atoms with E-state index in [1.165, 1.54) is 4.68 Å². The molecule has 68 valence electrons. The topological polar surface area (TPSA) is 82.8 Å². The maximum absolute atomic E-state index is 5.48. The maximum Gasteiger partial charge on any atom is 0.240 e. The predicted octanol–water partition coefficient (Wildman–Crippen LogP) is 0.0910. The lowest BCUT2D eigenvalue weighted by atomic mass is 10.3. The minimum atomic E-state index is 0.326. The van der Waals surface area contributed by atoms with Gasteiger partial charge in [0, 0.05) is 6.42 Å². The fourth-order valence-electron chi connectivity index (χ4n) is 1.04. The van der Waals surface area contributed by atoms with Crippen LogP contribution >= 0.6 is 0 Å². The van der Waals surface area contributed by atoms with Crippen LogP contribution in [-0.2, 0) is 13.0 Å². The second-order valence-electron chi connectivity index (χ2n) is 2.59. The summed E-state index contributed by atoms with van der Waals surface area (Å²) in [6.45, 7) is 0.631. The number of tetrazole rings is 1. The first-order chi connectivity index (χ1) is 6.36. The molecule has 6 nitrogen and oxygen atoms in total. The molecule has 0 aromatic carbocycles. The van der Waals surface area contributed by atoms with Crippen LogP contribution < -0.4 is 5.73 Å². The summed E-state index contributed by atoms with van der Waals surface area (Å²) in [5.74, 6) is 1.22. The van der Waals surface area contributed by atoms with E-state index in [1.807, 2.05) is 12.1 Å². The van der Waals surface area contributed by atoms with Gasteiger partial charge in [0.2, 0.25) is 5.95 Å². The number of nitrogen functional groups attached to an aromatic ring is 1. The summed E-state index contributed by atoms with van der Waals surface area (Å²) < 4.78 is 6.68. The fraction of sp³-hybridized carbons (Fsp3) is 0.286. The van der Waals surface area contributed by atoms with E-state index in [0.717, 1.165) is 12.2 Å². The number of anilines is 1. The summed E-state index contributed by atoms with van der Waals surface area (Å²) in [5.41, 5.74) is 5.48. The SMILES string of the molecule is Nc1nnnn1CCc1ccco1. The molecule has 0 aliphatic heterocycles. The Balaban J connectivity index is 1.97. The summed E-state index contributed by atoms with van der Waals surface area (Å²) in [4.78, 5) is 0. The van der Waals surface area contributed by atoms with Crippen LogP contribution in [0.1, 0.15) is 5.76 Å². The van der Waals surface area contributed by atoms with Crippen LogP contribution in [0.2, 0.25) is 0 Å². The third-order valence-electron chi connectivity index (χ3n) is 1.71. The van der Waals surface area contributed by atoms with E-state index in [0.29, 0.717) is 12.5 Å². The molecule has 0 amide bonds. The standard InChI is InChI=1S/C7H9N5O/c8-7-9-10-11-12(7)4-3-6-2-1-5-13-6/h1-2,5H,3-4H2,(H2,8,9,11). The minimum Gasteiger partial charge on any atom is -0.469 e. The van der Waals surface area contributed by atoms with Gasteiger partial charge in [-0.2, -0.15) is 0 Å². The number of nitrogens with zero attached hydrogens (tertiary/aromatic N) is 4. The molecule has 0 unspecified atom stereocenters. The van der Waals surface area contributed by atoms with Gasteiger partial charge in [-0.3, -0.25) is 0 Å². The van der Waals surface area contributed by atoms with Crippen molar-refractivity contribution in [3.8, 4) is 0 Å². The lowest BCUT2D eigenvalue weighted by Gasteiger charge is -1.97. The van der Waals surface area contributed by atoms with Crippen molar-refractivity contribution in [2.24, 2.45) is 0 Å². The first-order valence-corrected chi connectivity index (χ1v) is 3.90. The van der Waals surface area contributed by atoms with Crippen molar-refractivity contribution in [2.75, 3.05) is 5.73 Å². The first kappa shape index (κ1) is 7.78. The molecule has 0 spiro atoms. The molecule has 6 heteroatoms. The minimum absolute atomic E-state index is 0.326. The fourth-order valence-corrected chi connectivity index (χ4v) is 1.04. The lowest BCUT2D eigenvalue weighted by molar-refractivity contribution is 0.478. The second kappa shape index (κ2) is 3.26. The van der Waals surface area contributed by atoms with Gasteiger partial charge in [-0.25, -0.2) is 4.68 Å². The van der Waals surface area contributed by atoms with E-state index in [4.69, 9.17) is 10.2 Å². The Morgan fingerprint density at radius 3 is 3.08 bits per heavy atom. The number of hydrogen-bond acceptors (Lipinski definition) is 5. The quantitative estimate of drug-likeness (QED) is 0.722. The number of rotatable bonds is 3. The van der Waals surface area contributed by atoms with E-state index in [2.05, 4.69) is 15.5 Å². The van der Waals surface area contributed by atoms with Crippen LogP contribution in [0.5, 0.6) is 0 Å². The molecule has 2 aromatic heterocycles. The highest BCUT2D eigenvalue weighted by atomic mass is 16.3. The zero-order valence-electron chi connectivity index (χ0n) is 6.92. The van der Waals surface area contributed by atoms with Crippen molar-refractivity contribution >= 4 is 5.95 Å². The van der Waals surface area contributed by atoms with Crippen LogP contribution in [0, 0.1) is 0 Å². The van der Waals surface area contributed by atoms with Crippen LogP contribution in [0.15, 0.2) is 22.8 Å². The molecule has 0 radical (unpaired) electrons. The van der Waals surface area contributed by atoms with E-state index >= 15 is 0 Å². The first-order valence-electron chi connectivity index (χ1n) is 3.90. The highest BCUT2D eigenvalue weighted by Gasteiger charge is 2.01. The van der Waals surface area contributed by atoms with Crippen LogP contribution in [0.25, 0.3) is 0 Å². The summed E-state index contributed by atoms with van der Waals surface area (Å²) >= 11 is 0. The summed E-state index contributed by atoms with van der Waals surface area (Å²) in [6.07, 6.45) is 2.38. The molecule has 2 aromatic rings. The largest absolute Gasteiger partial charge is 0.469 e. The van der Waals surface area contributed by atoms with E-state index in [-0.39, 0.29) is 0 Å². The zero-order chi connectivity index (χ0) is 9.10. The molecular weight excluding hydrogens is 170 g/mol. The Morgan fingerprint density at radius 2 is 2.46 bits per heavy atom. The van der Waals surface area contributed by atoms with Gasteiger partial charge in [0.05, 0.1) is 12.8 Å². The van der Waals surface area contributed by atoms with Crippen molar-refractivity contribution in [2.45, 2.75) is 13.0 Å². The third-order valence-corrected chi connectivity index (χ3v) is 1.71. The highest BCUT2D eigenvalue weighted by Crippen LogP contribution is 2.03. The summed E-state index contributed by atoms with van der Waals surface area (Å²) in [5, 5.41) is 10.7. The average Bonchev–Trinajstić information content (AvgIpc) is 2.72. The summed E-state index contributed by atoms with van der Waals surface area (Å²) in [7, 11) is 0. The maximum atomic E-state index is 5.48. The highest BCUT2D eigenvalue weighted by molar-refractivity contribution is 5.10. The molecule has 0 saturated heterocycles. The van der Waals surface area contributed by atoms with Gasteiger partial charge < -0.3 is 10.2 Å². The van der Waals surface area contributed by atoms with Crippen LogP contribution in [0.3, 0.4) is 0 Å². The Bertz CT molecular complexity index is 366. The third kappa shape index (κ3) is 1.66. The summed E-state index contributed by atoms with van der Waals surface area (Å²) in [6, 6.07) is 3.75. The molecule has 0 saturated carbocycles. The number of hydrogen-bond donors (Lipinski definition) is 1. The van der Waals surface area contributed by atoms with Crippen molar-refractivity contribution in [3.63, 3.8) is 0 Å². The van der Waals surface area contributed by atoms with Gasteiger partial charge in [0.1, 0.15) is 5.76 Å². The van der Waals surface area contributed by atoms with Crippen molar-refractivity contribution in [1.82, 2.24) is 20.2 Å². The van der Waals surface area contributed by atoms with E-state index < -0.39 is 0 Å². The monoisotopic (exact) mass is 179 g/mol. The smallest absolute Gasteiger partial charge is 0.240 e. The number of aryl methyl sites for hydroxylation is 2. The van der Waals surface area contributed by atoms with Gasteiger partial charge in [-0.05, 0) is 22.6 Å². The number of furan rings is 1. The van der Waals surface area contributed by atoms with E-state index in [1.54, 1.807) is 6.26 Å². The predicted molar refractivity (Wildman–Crippen MR) is 44.6 cm³/mol. The van der Waals surface area contributed by atoms with Crippen molar-refractivity contribution in [1.29, 1.82) is 0 Å². The van der Waals surface area contributed by atoms with Gasteiger partial charge in [-0.1, -0.05) is 5.10 Å². The molecule has 0 fully saturated rings. The molecule has 0 aliphatic carbocycles. The average molecular weight is 179 g/mol. The molecule has 2 heterocycles. The molecule has 0 aliphatic rings. The van der Waals surface area contributed by atoms with Crippen molar-refractivity contribution < 1.29 is 4.42 Å². The van der Waals surface area contributed by atoms with Crippen LogP contribution in [-0.4, -0.2) is 20.2 Å². The molecule has 2 N–H and O–H groups in total. The molecule has 0 bridgehead atoms. The van der Waals surface area contributed by atoms with Gasteiger partial charge in [0.25, 0.3) is 0 Å². The van der Waals surface area contributed by atoms with Crippen molar-refractivity contribution in [3.05, 3.63) is 24.2 Å². The second-order valence-corrected chi connectivity index (χ2v) is 2.59. The number of nitrogens with two attached hydrogens (primary N) is 1.